The minimum atomic E-state index is -0.384. The van der Waals surface area contributed by atoms with Crippen LogP contribution in [0.3, 0.4) is 0 Å². The molecular weight excluding hydrogens is 348 g/mol. The number of carbonyl (C=O) groups is 2. The molecule has 2 heterocycles. The molecule has 7 heteroatoms. The average Bonchev–Trinajstić information content (AvgIpc) is 2.99. The number of nitrogens with one attached hydrogen (secondary N) is 1. The maximum atomic E-state index is 12.5. The first-order valence-electron chi connectivity index (χ1n) is 10.1. The van der Waals surface area contributed by atoms with E-state index >= 15 is 0 Å². The Balaban J connectivity index is 1.96. The van der Waals surface area contributed by atoms with Crippen molar-refractivity contribution < 1.29 is 9.59 Å². The van der Waals surface area contributed by atoms with Crippen molar-refractivity contribution in [2.75, 3.05) is 19.3 Å². The Hall–Kier alpha value is -1.24. The van der Waals surface area contributed by atoms with E-state index in [0.717, 1.165) is 30.3 Å². The Morgan fingerprint density at radius 3 is 2.38 bits per heavy atom. The lowest BCUT2D eigenvalue weighted by atomic mass is 10.1. The van der Waals surface area contributed by atoms with Gasteiger partial charge in [0, 0.05) is 19.3 Å². The first-order valence-corrected chi connectivity index (χ1v) is 11.1. The number of urea groups is 1. The molecule has 0 aromatic rings. The van der Waals surface area contributed by atoms with Gasteiger partial charge >= 0.3 is 6.03 Å². The lowest BCUT2D eigenvalue weighted by molar-refractivity contribution is -0.127. The second kappa shape index (κ2) is 10.8. The molecule has 2 rings (SSSR count). The van der Waals surface area contributed by atoms with Gasteiger partial charge in [-0.15, -0.1) is 0 Å². The zero-order chi connectivity index (χ0) is 18.9. The van der Waals surface area contributed by atoms with Crippen molar-refractivity contribution in [3.05, 3.63) is 0 Å². The Labute approximate surface area is 162 Å². The van der Waals surface area contributed by atoms with Crippen LogP contribution in [0.4, 0.5) is 4.79 Å². The highest BCUT2D eigenvalue weighted by Crippen LogP contribution is 2.29. The number of thioether (sulfide) groups is 1. The highest BCUT2D eigenvalue weighted by atomic mass is 32.2. The number of hydrogen-bond acceptors (Lipinski definition) is 5. The van der Waals surface area contributed by atoms with Crippen LogP contribution in [-0.4, -0.2) is 58.5 Å². The van der Waals surface area contributed by atoms with Gasteiger partial charge in [-0.05, 0) is 12.8 Å². The van der Waals surface area contributed by atoms with Crippen molar-refractivity contribution >= 4 is 28.9 Å². The number of amidine groups is 1. The van der Waals surface area contributed by atoms with Crippen molar-refractivity contribution in [3.63, 3.8) is 0 Å². The fourth-order valence-corrected chi connectivity index (χ4v) is 4.52. The molecule has 0 saturated carbocycles. The van der Waals surface area contributed by atoms with E-state index in [1.807, 2.05) is 0 Å². The van der Waals surface area contributed by atoms with Gasteiger partial charge in [-0.3, -0.25) is 10.1 Å². The first kappa shape index (κ1) is 21.1. The molecule has 0 radical (unpaired) electrons. The van der Waals surface area contributed by atoms with Gasteiger partial charge in [0.15, 0.2) is 17.4 Å². The number of imide groups is 1. The van der Waals surface area contributed by atoms with Gasteiger partial charge in [0.05, 0.1) is 0 Å². The molecule has 0 bridgehead atoms. The van der Waals surface area contributed by atoms with E-state index in [1.54, 1.807) is 23.7 Å². The molecule has 1 N–H and O–H groups in total. The highest BCUT2D eigenvalue weighted by molar-refractivity contribution is 8.13. The van der Waals surface area contributed by atoms with Crippen molar-refractivity contribution in [2.45, 2.75) is 83.8 Å². The molecule has 2 aliphatic rings. The first-order chi connectivity index (χ1) is 12.6. The number of hydrogen-bond donors (Lipinski definition) is 1. The minimum Gasteiger partial charge on any atom is -0.336 e. The fraction of sp³-hybridized carbons (Fsp3) is 0.842. The van der Waals surface area contributed by atoms with E-state index < -0.39 is 0 Å². The van der Waals surface area contributed by atoms with Crippen molar-refractivity contribution in [1.82, 2.24) is 15.1 Å². The average molecular weight is 383 g/mol. The summed E-state index contributed by atoms with van der Waals surface area (Å²) in [6.45, 7) is 5.26. The molecule has 0 aromatic carbocycles. The van der Waals surface area contributed by atoms with E-state index in [4.69, 9.17) is 4.99 Å². The summed E-state index contributed by atoms with van der Waals surface area (Å²) in [5.41, 5.74) is 0. The van der Waals surface area contributed by atoms with Crippen LogP contribution in [0, 0.1) is 0 Å². The van der Waals surface area contributed by atoms with E-state index in [-0.39, 0.29) is 24.1 Å². The van der Waals surface area contributed by atoms with Gasteiger partial charge in [0.2, 0.25) is 0 Å². The summed E-state index contributed by atoms with van der Waals surface area (Å²) >= 11 is 1.73. The third kappa shape index (κ3) is 5.38. The van der Waals surface area contributed by atoms with Gasteiger partial charge in [-0.25, -0.2) is 9.79 Å². The molecule has 0 spiro atoms. The van der Waals surface area contributed by atoms with E-state index in [1.165, 1.54) is 44.9 Å². The van der Waals surface area contributed by atoms with Crippen LogP contribution >= 0.6 is 11.8 Å². The largest absolute Gasteiger partial charge is 0.336 e. The summed E-state index contributed by atoms with van der Waals surface area (Å²) in [6, 6.07) is -0.723. The molecule has 1 fully saturated rings. The number of amides is 3. The third-order valence-electron chi connectivity index (χ3n) is 5.05. The molecule has 2 aliphatic heterocycles. The fourth-order valence-electron chi connectivity index (χ4n) is 3.43. The van der Waals surface area contributed by atoms with Crippen LogP contribution < -0.4 is 5.32 Å². The lowest BCUT2D eigenvalue weighted by Gasteiger charge is -2.36. The summed E-state index contributed by atoms with van der Waals surface area (Å²) in [6.07, 6.45) is 10.5. The molecule has 0 aromatic heterocycles. The third-order valence-corrected chi connectivity index (χ3v) is 6.15. The maximum Gasteiger partial charge on any atom is 0.325 e. The minimum absolute atomic E-state index is 0.211. The number of unbranched alkanes of at least 4 members (excludes halogenated alkanes) is 7. The molecule has 148 valence electrons. The summed E-state index contributed by atoms with van der Waals surface area (Å²) in [5.74, 6) is 0.801. The molecule has 3 amide bonds. The number of rotatable bonds is 11. The quantitative estimate of drug-likeness (QED) is 0.552. The molecule has 0 aliphatic carbocycles. The standard InChI is InChI=1S/C19H34N4O2S/c1-4-6-8-9-10-11-13-23-15-16(22(3)18(25)21-17(15)24)20-19(23)26-14-12-7-5-2/h15-16H,4-14H2,1-3H3,(H,21,24,25). The molecule has 2 atom stereocenters. The Kier molecular flexibility index (Phi) is 8.75. The van der Waals surface area contributed by atoms with Gasteiger partial charge in [-0.2, -0.15) is 0 Å². The van der Waals surface area contributed by atoms with Crippen LogP contribution in [0.15, 0.2) is 4.99 Å². The SMILES string of the molecule is CCCCCCCCN1C(SCCCCC)=NC2C1C(=O)NC(=O)N2C. The molecule has 1 saturated heterocycles. The van der Waals surface area contributed by atoms with Crippen LogP contribution in [0.1, 0.15) is 71.6 Å². The second-order valence-electron chi connectivity index (χ2n) is 7.19. The normalized spacial score (nSPS) is 22.5. The van der Waals surface area contributed by atoms with Crippen LogP contribution in [0.5, 0.6) is 0 Å². The summed E-state index contributed by atoms with van der Waals surface area (Å²) in [4.78, 5) is 32.8. The smallest absolute Gasteiger partial charge is 0.325 e. The number of fused-ring (bicyclic) bond motifs is 1. The summed E-state index contributed by atoms with van der Waals surface area (Å²) in [5, 5.41) is 3.40. The predicted octanol–water partition coefficient (Wildman–Crippen LogP) is 3.82. The topological polar surface area (TPSA) is 65.0 Å². The highest BCUT2D eigenvalue weighted by Gasteiger charge is 2.48. The number of nitrogens with zero attached hydrogens (tertiary/aromatic N) is 3. The summed E-state index contributed by atoms with van der Waals surface area (Å²) < 4.78 is 0. The monoisotopic (exact) mass is 382 g/mol. The van der Waals surface area contributed by atoms with Crippen molar-refractivity contribution in [1.29, 1.82) is 0 Å². The van der Waals surface area contributed by atoms with E-state index in [9.17, 15) is 9.59 Å². The van der Waals surface area contributed by atoms with Gasteiger partial charge in [0.1, 0.15) is 0 Å². The second-order valence-corrected chi connectivity index (χ2v) is 8.25. The van der Waals surface area contributed by atoms with Crippen LogP contribution in [-0.2, 0) is 4.79 Å². The van der Waals surface area contributed by atoms with Gasteiger partial charge < -0.3 is 9.80 Å². The van der Waals surface area contributed by atoms with E-state index in [0.29, 0.717) is 0 Å². The maximum absolute atomic E-state index is 12.5. The number of aliphatic imine (C=N–C) groups is 1. The predicted molar refractivity (Wildman–Crippen MR) is 108 cm³/mol. The van der Waals surface area contributed by atoms with Gasteiger partial charge in [0.25, 0.3) is 5.91 Å². The lowest BCUT2D eigenvalue weighted by Crippen LogP contribution is -2.63. The summed E-state index contributed by atoms with van der Waals surface area (Å²) in [7, 11) is 1.72. The zero-order valence-corrected chi connectivity index (χ0v) is 17.3. The Morgan fingerprint density at radius 2 is 1.65 bits per heavy atom. The van der Waals surface area contributed by atoms with E-state index in [2.05, 4.69) is 24.1 Å². The molecule has 6 nitrogen and oxygen atoms in total. The number of carbonyl (C=O) groups excluding carboxylic acids is 2. The Morgan fingerprint density at radius 1 is 1.00 bits per heavy atom. The van der Waals surface area contributed by atoms with Crippen LogP contribution in [0.25, 0.3) is 0 Å². The van der Waals surface area contributed by atoms with Crippen LogP contribution in [0.2, 0.25) is 0 Å². The molecule has 2 unspecified atom stereocenters. The van der Waals surface area contributed by atoms with Gasteiger partial charge in [-0.1, -0.05) is 70.6 Å². The number of likely N-dealkylation sites (N-methyl/N-ethyl adjacent to an activating group) is 1. The molecule has 26 heavy (non-hydrogen) atoms. The molecular formula is C19H34N4O2S. The Bertz CT molecular complexity index is 512. The van der Waals surface area contributed by atoms with Crippen molar-refractivity contribution in [3.8, 4) is 0 Å². The zero-order valence-electron chi connectivity index (χ0n) is 16.5. The van der Waals surface area contributed by atoms with Crippen molar-refractivity contribution in [2.24, 2.45) is 4.99 Å².